The van der Waals surface area contributed by atoms with Gasteiger partial charge in [-0.25, -0.2) is 9.97 Å². The summed E-state index contributed by atoms with van der Waals surface area (Å²) in [6, 6.07) is 9.98. The summed E-state index contributed by atoms with van der Waals surface area (Å²) >= 11 is 5.09. The normalized spacial score (nSPS) is 10.7. The van der Waals surface area contributed by atoms with Crippen LogP contribution in [-0.4, -0.2) is 9.97 Å². The number of hydrogen-bond acceptors (Lipinski definition) is 4. The Kier molecular flexibility index (Phi) is 3.25. The van der Waals surface area contributed by atoms with Crippen molar-refractivity contribution in [2.75, 3.05) is 0 Å². The molecule has 3 aromatic rings. The van der Waals surface area contributed by atoms with Crippen molar-refractivity contribution < 1.29 is 4.74 Å². The number of ether oxygens (including phenoxy) is 1. The third kappa shape index (κ3) is 2.23. The van der Waals surface area contributed by atoms with Gasteiger partial charge in [-0.05, 0) is 17.5 Å². The molecule has 0 radical (unpaired) electrons. The zero-order chi connectivity index (χ0) is 12.4. The van der Waals surface area contributed by atoms with Crippen LogP contribution in [0, 0.1) is 0 Å². The smallest absolute Gasteiger partial charge is 0.225 e. The van der Waals surface area contributed by atoms with Gasteiger partial charge in [0.2, 0.25) is 5.88 Å². The van der Waals surface area contributed by atoms with E-state index in [1.807, 2.05) is 35.7 Å². The highest BCUT2D eigenvalue weighted by Gasteiger charge is 2.06. The number of rotatable bonds is 3. The third-order valence-electron chi connectivity index (χ3n) is 2.55. The number of aromatic nitrogens is 2. The first-order chi connectivity index (χ1) is 8.84. The van der Waals surface area contributed by atoms with Crippen LogP contribution in [0.25, 0.3) is 10.2 Å². The van der Waals surface area contributed by atoms with Gasteiger partial charge in [-0.1, -0.05) is 34.1 Å². The van der Waals surface area contributed by atoms with E-state index in [9.17, 15) is 0 Å². The Morgan fingerprint density at radius 1 is 1.17 bits per heavy atom. The van der Waals surface area contributed by atoms with Gasteiger partial charge in [0.25, 0.3) is 0 Å². The lowest BCUT2D eigenvalue weighted by Crippen LogP contribution is -1.98. The molecule has 18 heavy (non-hydrogen) atoms. The molecule has 2 aromatic heterocycles. The molecule has 90 valence electrons. The number of hydrogen-bond donors (Lipinski definition) is 0. The fourth-order valence-electron chi connectivity index (χ4n) is 1.64. The first-order valence-corrected chi connectivity index (χ1v) is 7.06. The maximum atomic E-state index is 5.77. The molecule has 3 rings (SSSR count). The molecule has 2 heterocycles. The molecule has 0 atom stereocenters. The van der Waals surface area contributed by atoms with Gasteiger partial charge in [-0.2, -0.15) is 0 Å². The van der Waals surface area contributed by atoms with Crippen LogP contribution in [0.5, 0.6) is 5.88 Å². The minimum atomic E-state index is 0.489. The van der Waals surface area contributed by atoms with Crippen LogP contribution in [0.4, 0.5) is 0 Å². The van der Waals surface area contributed by atoms with Crippen molar-refractivity contribution in [2.24, 2.45) is 0 Å². The van der Waals surface area contributed by atoms with Crippen molar-refractivity contribution in [3.63, 3.8) is 0 Å². The summed E-state index contributed by atoms with van der Waals surface area (Å²) in [6.45, 7) is 0.489. The molecule has 3 nitrogen and oxygen atoms in total. The van der Waals surface area contributed by atoms with E-state index in [-0.39, 0.29) is 0 Å². The van der Waals surface area contributed by atoms with E-state index in [0.717, 1.165) is 20.3 Å². The minimum absolute atomic E-state index is 0.489. The lowest BCUT2D eigenvalue weighted by Gasteiger charge is -2.07. The molecule has 0 amide bonds. The van der Waals surface area contributed by atoms with Crippen LogP contribution in [-0.2, 0) is 6.61 Å². The van der Waals surface area contributed by atoms with Gasteiger partial charge in [0.1, 0.15) is 17.8 Å². The Bertz CT molecular complexity index is 683. The molecule has 0 saturated carbocycles. The molecule has 5 heteroatoms. The average molecular weight is 321 g/mol. The number of thiophene rings is 1. The Labute approximate surface area is 117 Å². The molecule has 0 unspecified atom stereocenters. The number of fused-ring (bicyclic) bond motifs is 1. The second kappa shape index (κ2) is 5.04. The van der Waals surface area contributed by atoms with Crippen LogP contribution < -0.4 is 4.74 Å². The molecule has 0 aliphatic heterocycles. The van der Waals surface area contributed by atoms with Gasteiger partial charge in [0.15, 0.2) is 0 Å². The van der Waals surface area contributed by atoms with E-state index >= 15 is 0 Å². The van der Waals surface area contributed by atoms with Crippen LogP contribution >= 0.6 is 27.3 Å². The van der Waals surface area contributed by atoms with Crippen molar-refractivity contribution >= 4 is 37.5 Å². The van der Waals surface area contributed by atoms with Crippen LogP contribution in [0.1, 0.15) is 5.56 Å². The first-order valence-electron chi connectivity index (χ1n) is 5.39. The van der Waals surface area contributed by atoms with Crippen molar-refractivity contribution in [1.29, 1.82) is 0 Å². The SMILES string of the molecule is Brc1ccccc1COc1ncnc2sccc12. The average Bonchev–Trinajstić information content (AvgIpc) is 2.86. The molecule has 0 spiro atoms. The highest BCUT2D eigenvalue weighted by molar-refractivity contribution is 9.10. The van der Waals surface area contributed by atoms with Crippen molar-refractivity contribution in [2.45, 2.75) is 6.61 Å². The van der Waals surface area contributed by atoms with E-state index in [1.54, 1.807) is 11.3 Å². The van der Waals surface area contributed by atoms with Gasteiger partial charge >= 0.3 is 0 Å². The second-order valence-corrected chi connectivity index (χ2v) is 5.45. The largest absolute Gasteiger partial charge is 0.472 e. The van der Waals surface area contributed by atoms with E-state index in [0.29, 0.717) is 12.5 Å². The topological polar surface area (TPSA) is 35.0 Å². The fraction of sp³-hybridized carbons (Fsp3) is 0.0769. The highest BCUT2D eigenvalue weighted by atomic mass is 79.9. The van der Waals surface area contributed by atoms with Gasteiger partial charge < -0.3 is 4.74 Å². The second-order valence-electron chi connectivity index (χ2n) is 3.70. The molecule has 0 aliphatic rings. The van der Waals surface area contributed by atoms with Gasteiger partial charge in [0, 0.05) is 10.0 Å². The summed E-state index contributed by atoms with van der Waals surface area (Å²) in [5, 5.41) is 2.96. The third-order valence-corrected chi connectivity index (χ3v) is 4.14. The monoisotopic (exact) mass is 320 g/mol. The molecule has 0 aliphatic carbocycles. The highest BCUT2D eigenvalue weighted by Crippen LogP contribution is 2.26. The number of halogens is 1. The molecular weight excluding hydrogens is 312 g/mol. The summed E-state index contributed by atoms with van der Waals surface area (Å²) in [7, 11) is 0. The van der Waals surface area contributed by atoms with Crippen LogP contribution in [0.2, 0.25) is 0 Å². The quantitative estimate of drug-likeness (QED) is 0.730. The maximum absolute atomic E-state index is 5.77. The zero-order valence-electron chi connectivity index (χ0n) is 9.34. The van der Waals surface area contributed by atoms with Crippen LogP contribution in [0.15, 0.2) is 46.5 Å². The molecule has 0 bridgehead atoms. The predicted octanol–water partition coefficient (Wildman–Crippen LogP) is 4.03. The summed E-state index contributed by atoms with van der Waals surface area (Å²) in [6.07, 6.45) is 1.54. The molecule has 1 aromatic carbocycles. The fourth-order valence-corrected chi connectivity index (χ4v) is 2.77. The Hall–Kier alpha value is -1.46. The molecule has 0 N–H and O–H groups in total. The molecular formula is C13H9BrN2OS. The van der Waals surface area contributed by atoms with Crippen molar-refractivity contribution in [3.8, 4) is 5.88 Å². The number of nitrogens with zero attached hydrogens (tertiary/aromatic N) is 2. The molecule has 0 saturated heterocycles. The van der Waals surface area contributed by atoms with E-state index in [2.05, 4.69) is 25.9 Å². The zero-order valence-corrected chi connectivity index (χ0v) is 11.7. The number of benzene rings is 1. The predicted molar refractivity (Wildman–Crippen MR) is 75.9 cm³/mol. The van der Waals surface area contributed by atoms with Gasteiger partial charge in [-0.3, -0.25) is 0 Å². The lowest BCUT2D eigenvalue weighted by atomic mass is 10.2. The minimum Gasteiger partial charge on any atom is -0.472 e. The maximum Gasteiger partial charge on any atom is 0.225 e. The van der Waals surface area contributed by atoms with Gasteiger partial charge in [-0.15, -0.1) is 11.3 Å². The first kappa shape index (κ1) is 11.6. The van der Waals surface area contributed by atoms with Crippen molar-refractivity contribution in [3.05, 3.63) is 52.1 Å². The standard InChI is InChI=1S/C13H9BrN2OS/c14-11-4-2-1-3-9(11)7-17-12-10-5-6-18-13(10)16-8-15-12/h1-6,8H,7H2. The van der Waals surface area contributed by atoms with Gasteiger partial charge in [0.05, 0.1) is 5.39 Å². The lowest BCUT2D eigenvalue weighted by molar-refractivity contribution is 0.297. The summed E-state index contributed by atoms with van der Waals surface area (Å²) in [5.41, 5.74) is 1.10. The summed E-state index contributed by atoms with van der Waals surface area (Å²) < 4.78 is 6.81. The summed E-state index contributed by atoms with van der Waals surface area (Å²) in [4.78, 5) is 9.33. The van der Waals surface area contributed by atoms with E-state index < -0.39 is 0 Å². The summed E-state index contributed by atoms with van der Waals surface area (Å²) in [5.74, 6) is 0.636. The van der Waals surface area contributed by atoms with Crippen molar-refractivity contribution in [1.82, 2.24) is 9.97 Å². The van der Waals surface area contributed by atoms with Crippen LogP contribution in [0.3, 0.4) is 0 Å². The van der Waals surface area contributed by atoms with E-state index in [4.69, 9.17) is 4.74 Å². The Balaban J connectivity index is 1.85. The Morgan fingerprint density at radius 3 is 2.94 bits per heavy atom. The molecule has 0 fully saturated rings. The van der Waals surface area contributed by atoms with E-state index in [1.165, 1.54) is 6.33 Å². The Morgan fingerprint density at radius 2 is 2.06 bits per heavy atom.